The van der Waals surface area contributed by atoms with E-state index in [4.69, 9.17) is 4.74 Å². The Morgan fingerprint density at radius 3 is 2.44 bits per heavy atom. The molecule has 0 radical (unpaired) electrons. The number of carbonyl (C=O) groups is 2. The van der Waals surface area contributed by atoms with Gasteiger partial charge >= 0.3 is 6.03 Å². The van der Waals surface area contributed by atoms with Gasteiger partial charge in [0.15, 0.2) is 11.9 Å². The number of urea groups is 1. The van der Waals surface area contributed by atoms with Crippen LogP contribution in [0.4, 0.5) is 10.7 Å². The summed E-state index contributed by atoms with van der Waals surface area (Å²) in [5.41, 5.74) is 0.846. The van der Waals surface area contributed by atoms with Crippen LogP contribution in [-0.2, 0) is 4.79 Å². The minimum Gasteiger partial charge on any atom is -0.497 e. The van der Waals surface area contributed by atoms with Gasteiger partial charge < -0.3 is 14.5 Å². The van der Waals surface area contributed by atoms with Crippen molar-refractivity contribution >= 4 is 17.9 Å². The molecule has 1 aromatic carbocycles. The van der Waals surface area contributed by atoms with E-state index < -0.39 is 12.2 Å². The van der Waals surface area contributed by atoms with E-state index >= 15 is 0 Å². The molecule has 1 saturated heterocycles. The van der Waals surface area contributed by atoms with Gasteiger partial charge in [-0.05, 0) is 30.7 Å². The van der Waals surface area contributed by atoms with E-state index in [1.54, 1.807) is 19.1 Å². The van der Waals surface area contributed by atoms with Gasteiger partial charge in [-0.3, -0.25) is 14.3 Å². The molecule has 2 aromatic rings. The number of imide groups is 1. The van der Waals surface area contributed by atoms with Crippen LogP contribution in [-0.4, -0.2) is 70.3 Å². The van der Waals surface area contributed by atoms with Crippen molar-refractivity contribution in [3.8, 4) is 17.1 Å². The van der Waals surface area contributed by atoms with Crippen molar-refractivity contribution in [2.45, 2.75) is 25.6 Å². The molecule has 0 spiro atoms. The summed E-state index contributed by atoms with van der Waals surface area (Å²) in [6.45, 7) is 2.70. The second-order valence-electron chi connectivity index (χ2n) is 6.76. The number of nitrogens with zero attached hydrogens (tertiary/aromatic N) is 6. The maximum atomic E-state index is 12.9. The van der Waals surface area contributed by atoms with Gasteiger partial charge in [0.25, 0.3) is 5.91 Å². The monoisotopic (exact) mass is 370 g/mol. The fraction of sp³-hybridized carbons (Fsp3) is 0.444. The molecule has 2 aliphatic rings. The molecule has 1 aromatic heterocycles. The van der Waals surface area contributed by atoms with Crippen LogP contribution in [0.1, 0.15) is 19.5 Å². The van der Waals surface area contributed by atoms with Crippen molar-refractivity contribution in [3.05, 3.63) is 24.3 Å². The molecular formula is C18H22N6O3. The summed E-state index contributed by atoms with van der Waals surface area (Å²) in [6.07, 6.45) is 0.373. The zero-order valence-electron chi connectivity index (χ0n) is 15.8. The third-order valence-electron chi connectivity index (χ3n) is 5.20. The smallest absolute Gasteiger partial charge is 0.327 e. The van der Waals surface area contributed by atoms with Gasteiger partial charge in [0, 0.05) is 26.2 Å². The Labute approximate surface area is 157 Å². The van der Waals surface area contributed by atoms with Crippen LogP contribution < -0.4 is 9.64 Å². The van der Waals surface area contributed by atoms with Crippen LogP contribution in [0.15, 0.2) is 24.3 Å². The van der Waals surface area contributed by atoms with Crippen molar-refractivity contribution in [1.82, 2.24) is 24.6 Å². The number of hydrogen-bond acceptors (Lipinski definition) is 6. The molecule has 3 heterocycles. The lowest BCUT2D eigenvalue weighted by atomic mass is 10.1. The molecule has 2 unspecified atom stereocenters. The van der Waals surface area contributed by atoms with E-state index in [0.717, 1.165) is 17.7 Å². The van der Waals surface area contributed by atoms with Crippen molar-refractivity contribution in [2.75, 3.05) is 32.6 Å². The molecule has 0 aliphatic carbocycles. The molecule has 2 aliphatic heterocycles. The van der Waals surface area contributed by atoms with Gasteiger partial charge in [0.2, 0.25) is 5.95 Å². The molecule has 2 atom stereocenters. The van der Waals surface area contributed by atoms with Crippen molar-refractivity contribution in [2.24, 2.45) is 0 Å². The fourth-order valence-electron chi connectivity index (χ4n) is 3.85. The average molecular weight is 370 g/mol. The number of benzene rings is 1. The average Bonchev–Trinajstić information content (AvgIpc) is 3.24. The number of carbonyl (C=O) groups excluding carboxylic acids is 2. The Hall–Kier alpha value is -3.10. The van der Waals surface area contributed by atoms with E-state index in [0.29, 0.717) is 18.3 Å². The van der Waals surface area contributed by atoms with Crippen LogP contribution >= 0.6 is 0 Å². The highest BCUT2D eigenvalue weighted by Crippen LogP contribution is 2.42. The highest BCUT2D eigenvalue weighted by molar-refractivity contribution is 6.02. The number of methoxy groups -OCH3 is 1. The highest BCUT2D eigenvalue weighted by Gasteiger charge is 2.54. The van der Waals surface area contributed by atoms with E-state index in [-0.39, 0.29) is 11.9 Å². The SMILES string of the molecule is CCCN1c2nnc(-c3ccc(OC)cc3)n2C2C1C(=O)N(C)C(=O)N2C. The first-order valence-corrected chi connectivity index (χ1v) is 8.90. The first kappa shape index (κ1) is 17.3. The van der Waals surface area contributed by atoms with E-state index in [2.05, 4.69) is 10.2 Å². The quantitative estimate of drug-likeness (QED) is 0.812. The minimum atomic E-state index is -0.500. The Balaban J connectivity index is 1.85. The molecule has 1 fully saturated rings. The zero-order chi connectivity index (χ0) is 19.3. The van der Waals surface area contributed by atoms with Crippen LogP contribution in [0.3, 0.4) is 0 Å². The summed E-state index contributed by atoms with van der Waals surface area (Å²) >= 11 is 0. The van der Waals surface area contributed by atoms with Gasteiger partial charge in [-0.2, -0.15) is 0 Å². The van der Waals surface area contributed by atoms with Gasteiger partial charge in [-0.15, -0.1) is 10.2 Å². The number of hydrogen-bond donors (Lipinski definition) is 0. The first-order valence-electron chi connectivity index (χ1n) is 8.90. The molecule has 3 amide bonds. The van der Waals surface area contributed by atoms with E-state index in [1.165, 1.54) is 11.9 Å². The normalized spacial score (nSPS) is 21.6. The standard InChI is InChI=1S/C18H22N6O3/c1-5-10-23-13-15(21(2)18(26)22(3)16(13)25)24-14(19-20-17(23)24)11-6-8-12(27-4)9-7-11/h6-9,13,15H,5,10H2,1-4H3. The van der Waals surface area contributed by atoms with E-state index in [1.807, 2.05) is 40.7 Å². The molecule has 0 N–H and O–H groups in total. The molecule has 142 valence electrons. The summed E-state index contributed by atoms with van der Waals surface area (Å²) in [7, 11) is 4.84. The number of anilines is 1. The molecule has 9 heteroatoms. The van der Waals surface area contributed by atoms with Gasteiger partial charge in [0.05, 0.1) is 7.11 Å². The highest BCUT2D eigenvalue weighted by atomic mass is 16.5. The van der Waals surface area contributed by atoms with Crippen LogP contribution in [0, 0.1) is 0 Å². The number of amides is 3. The third-order valence-corrected chi connectivity index (χ3v) is 5.20. The number of rotatable bonds is 4. The van der Waals surface area contributed by atoms with Crippen molar-refractivity contribution in [3.63, 3.8) is 0 Å². The number of likely N-dealkylation sites (N-methyl/N-ethyl adjacent to an activating group) is 2. The van der Waals surface area contributed by atoms with Crippen LogP contribution in [0.2, 0.25) is 0 Å². The predicted octanol–water partition coefficient (Wildman–Crippen LogP) is 1.57. The Morgan fingerprint density at radius 2 is 1.81 bits per heavy atom. The summed E-state index contributed by atoms with van der Waals surface area (Å²) in [5, 5.41) is 8.72. The molecular weight excluding hydrogens is 348 g/mol. The fourth-order valence-corrected chi connectivity index (χ4v) is 3.85. The number of fused-ring (bicyclic) bond motifs is 3. The maximum Gasteiger partial charge on any atom is 0.327 e. The van der Waals surface area contributed by atoms with Gasteiger partial charge in [0.1, 0.15) is 11.9 Å². The third kappa shape index (κ3) is 2.37. The number of aromatic nitrogens is 3. The second kappa shape index (κ2) is 6.26. The minimum absolute atomic E-state index is 0.220. The molecule has 27 heavy (non-hydrogen) atoms. The second-order valence-corrected chi connectivity index (χ2v) is 6.76. The summed E-state index contributed by atoms with van der Waals surface area (Å²) in [5.74, 6) is 1.76. The summed E-state index contributed by atoms with van der Waals surface area (Å²) < 4.78 is 7.11. The van der Waals surface area contributed by atoms with Crippen molar-refractivity contribution in [1.29, 1.82) is 0 Å². The van der Waals surface area contributed by atoms with Gasteiger partial charge in [-0.1, -0.05) is 6.92 Å². The molecule has 4 rings (SSSR count). The van der Waals surface area contributed by atoms with Crippen LogP contribution in [0.25, 0.3) is 11.4 Å². The summed E-state index contributed by atoms with van der Waals surface area (Å²) in [6, 6.07) is 6.66. The lowest BCUT2D eigenvalue weighted by molar-refractivity contribution is -0.133. The Morgan fingerprint density at radius 1 is 1.11 bits per heavy atom. The Kier molecular flexibility index (Phi) is 4.01. The molecule has 0 bridgehead atoms. The Bertz CT molecular complexity index is 893. The zero-order valence-corrected chi connectivity index (χ0v) is 15.8. The number of ether oxygens (including phenoxy) is 1. The molecule has 0 saturated carbocycles. The van der Waals surface area contributed by atoms with E-state index in [9.17, 15) is 9.59 Å². The van der Waals surface area contributed by atoms with Gasteiger partial charge in [-0.25, -0.2) is 4.79 Å². The van der Waals surface area contributed by atoms with Crippen molar-refractivity contribution < 1.29 is 14.3 Å². The molecule has 9 nitrogen and oxygen atoms in total. The lowest BCUT2D eigenvalue weighted by Gasteiger charge is -2.40. The predicted molar refractivity (Wildman–Crippen MR) is 98.4 cm³/mol. The first-order chi connectivity index (χ1) is 13.0. The lowest BCUT2D eigenvalue weighted by Crippen LogP contribution is -2.61. The summed E-state index contributed by atoms with van der Waals surface area (Å²) in [4.78, 5) is 30.2. The largest absolute Gasteiger partial charge is 0.497 e. The maximum absolute atomic E-state index is 12.9. The topological polar surface area (TPSA) is 83.8 Å². The van der Waals surface area contributed by atoms with Crippen LogP contribution in [0.5, 0.6) is 5.75 Å².